The molecule has 0 aliphatic rings. The van der Waals surface area contributed by atoms with Crippen molar-refractivity contribution in [1.29, 1.82) is 5.26 Å². The molecule has 1 atom stereocenters. The average molecular weight is 382 g/mol. The van der Waals surface area contributed by atoms with E-state index in [1.165, 1.54) is 18.1 Å². The molecule has 0 bridgehead atoms. The minimum atomic E-state index is -0.934. The van der Waals surface area contributed by atoms with Gasteiger partial charge in [0.15, 0.2) is 6.10 Å². The molecule has 0 heterocycles. The van der Waals surface area contributed by atoms with Gasteiger partial charge in [-0.25, -0.2) is 0 Å². The Hall–Kier alpha value is -2.78. The molecule has 2 aromatic carbocycles. The van der Waals surface area contributed by atoms with Crippen molar-refractivity contribution in [2.45, 2.75) is 38.2 Å². The molecule has 1 N–H and O–H groups in total. The molecule has 6 heteroatoms. The molecule has 0 fully saturated rings. The Morgan fingerprint density at radius 1 is 1.19 bits per heavy atom. The maximum Gasteiger partial charge on any atom is 0.307 e. The van der Waals surface area contributed by atoms with E-state index in [0.717, 1.165) is 4.90 Å². The number of nitrogens with one attached hydrogen (secondary N) is 1. The minimum Gasteiger partial charge on any atom is -0.453 e. The van der Waals surface area contributed by atoms with Gasteiger partial charge in [0.1, 0.15) is 6.07 Å². The van der Waals surface area contributed by atoms with Crippen LogP contribution in [-0.4, -0.2) is 23.7 Å². The molecule has 0 spiro atoms. The third kappa shape index (κ3) is 6.15. The van der Waals surface area contributed by atoms with Gasteiger partial charge in [0.2, 0.25) is 0 Å². The van der Waals surface area contributed by atoms with Crippen molar-refractivity contribution in [3.05, 3.63) is 59.2 Å². The van der Waals surface area contributed by atoms with E-state index in [2.05, 4.69) is 31.3 Å². The zero-order valence-corrected chi connectivity index (χ0v) is 16.4. The number of nitriles is 1. The Kier molecular flexibility index (Phi) is 7.44. The van der Waals surface area contributed by atoms with E-state index < -0.39 is 18.0 Å². The van der Waals surface area contributed by atoms with Crippen LogP contribution in [0.15, 0.2) is 47.4 Å². The smallest absolute Gasteiger partial charge is 0.307 e. The second-order valence-corrected chi connectivity index (χ2v) is 7.29. The summed E-state index contributed by atoms with van der Waals surface area (Å²) in [6, 6.07) is 14.9. The maximum atomic E-state index is 12.2. The van der Waals surface area contributed by atoms with Crippen LogP contribution in [0.3, 0.4) is 0 Å². The van der Waals surface area contributed by atoms with Crippen LogP contribution in [0.4, 0.5) is 5.69 Å². The van der Waals surface area contributed by atoms with Gasteiger partial charge in [-0.05, 0) is 56.2 Å². The van der Waals surface area contributed by atoms with Gasteiger partial charge in [0.25, 0.3) is 5.91 Å². The number of rotatable bonds is 7. The summed E-state index contributed by atoms with van der Waals surface area (Å²) >= 11 is 1.58. The van der Waals surface area contributed by atoms with Crippen LogP contribution in [0, 0.1) is 25.2 Å². The van der Waals surface area contributed by atoms with Crippen LogP contribution in [-0.2, 0) is 14.3 Å². The van der Waals surface area contributed by atoms with E-state index in [1.54, 1.807) is 36.0 Å². The van der Waals surface area contributed by atoms with Crippen LogP contribution < -0.4 is 5.32 Å². The van der Waals surface area contributed by atoms with Crippen molar-refractivity contribution in [2.24, 2.45) is 0 Å². The summed E-state index contributed by atoms with van der Waals surface area (Å²) < 4.78 is 5.19. The summed E-state index contributed by atoms with van der Waals surface area (Å²) in [6.45, 7) is 5.62. The van der Waals surface area contributed by atoms with E-state index in [4.69, 9.17) is 10.00 Å². The molecule has 0 unspecified atom stereocenters. The molecule has 0 aromatic heterocycles. The first-order chi connectivity index (χ1) is 12.9. The lowest BCUT2D eigenvalue weighted by Crippen LogP contribution is -2.30. The second-order valence-electron chi connectivity index (χ2n) is 6.12. The number of thioether (sulfide) groups is 1. The molecule has 140 valence electrons. The molecule has 1 amide bonds. The van der Waals surface area contributed by atoms with Gasteiger partial charge in [-0.1, -0.05) is 18.2 Å². The first-order valence-corrected chi connectivity index (χ1v) is 9.59. The lowest BCUT2D eigenvalue weighted by Gasteiger charge is -2.14. The van der Waals surface area contributed by atoms with Gasteiger partial charge in [0.05, 0.1) is 17.7 Å². The summed E-state index contributed by atoms with van der Waals surface area (Å²) in [5, 5.41) is 11.7. The Labute approximate surface area is 163 Å². The lowest BCUT2D eigenvalue weighted by molar-refractivity contribution is -0.152. The zero-order valence-electron chi connectivity index (χ0n) is 15.6. The van der Waals surface area contributed by atoms with E-state index in [9.17, 15) is 9.59 Å². The minimum absolute atomic E-state index is 0.212. The molecule has 0 aliphatic carbocycles. The van der Waals surface area contributed by atoms with Gasteiger partial charge >= 0.3 is 5.97 Å². The molecule has 0 saturated heterocycles. The summed E-state index contributed by atoms with van der Waals surface area (Å²) in [5.41, 5.74) is 3.20. The van der Waals surface area contributed by atoms with Crippen LogP contribution >= 0.6 is 11.8 Å². The predicted molar refractivity (Wildman–Crippen MR) is 107 cm³/mol. The number of para-hydroxylation sites is 1. The van der Waals surface area contributed by atoms with Crippen molar-refractivity contribution in [3.8, 4) is 6.07 Å². The molecule has 0 saturated carbocycles. The van der Waals surface area contributed by atoms with Gasteiger partial charge in [-0.15, -0.1) is 11.8 Å². The third-order valence-corrected chi connectivity index (χ3v) is 5.03. The van der Waals surface area contributed by atoms with Crippen molar-refractivity contribution >= 4 is 29.3 Å². The predicted octanol–water partition coefficient (Wildman–Crippen LogP) is 4.23. The molecule has 0 radical (unpaired) electrons. The fourth-order valence-corrected chi connectivity index (χ4v) is 3.22. The topological polar surface area (TPSA) is 79.2 Å². The summed E-state index contributed by atoms with van der Waals surface area (Å²) in [7, 11) is 0. The Morgan fingerprint density at radius 2 is 1.93 bits per heavy atom. The molecule has 5 nitrogen and oxygen atoms in total. The number of hydrogen-bond donors (Lipinski definition) is 1. The maximum absolute atomic E-state index is 12.2. The van der Waals surface area contributed by atoms with Crippen molar-refractivity contribution < 1.29 is 14.3 Å². The quantitative estimate of drug-likeness (QED) is 0.573. The molecule has 0 aliphatic heterocycles. The number of ether oxygens (including phenoxy) is 1. The molecule has 2 rings (SSSR count). The highest BCUT2D eigenvalue weighted by molar-refractivity contribution is 7.99. The number of carbonyl (C=O) groups is 2. The highest BCUT2D eigenvalue weighted by atomic mass is 32.2. The third-order valence-electron chi connectivity index (χ3n) is 4.04. The van der Waals surface area contributed by atoms with Crippen LogP contribution in [0.25, 0.3) is 0 Å². The number of esters is 1. The zero-order chi connectivity index (χ0) is 19.8. The fraction of sp³-hybridized carbons (Fsp3) is 0.286. The highest BCUT2D eigenvalue weighted by Crippen LogP contribution is 2.22. The number of carbonyl (C=O) groups excluding carboxylic acids is 2. The first kappa shape index (κ1) is 20.5. The monoisotopic (exact) mass is 382 g/mol. The van der Waals surface area contributed by atoms with Crippen LogP contribution in [0.2, 0.25) is 0 Å². The largest absolute Gasteiger partial charge is 0.453 e. The van der Waals surface area contributed by atoms with Gasteiger partial charge in [-0.2, -0.15) is 5.26 Å². The van der Waals surface area contributed by atoms with Crippen LogP contribution in [0.1, 0.15) is 30.0 Å². The van der Waals surface area contributed by atoms with Gasteiger partial charge in [-0.3, -0.25) is 9.59 Å². The van der Waals surface area contributed by atoms with Crippen molar-refractivity contribution in [2.75, 3.05) is 11.1 Å². The Balaban J connectivity index is 1.79. The fourth-order valence-electron chi connectivity index (χ4n) is 2.29. The number of aryl methyl sites for hydroxylation is 2. The van der Waals surface area contributed by atoms with E-state index in [-0.39, 0.29) is 6.42 Å². The second kappa shape index (κ2) is 9.79. The van der Waals surface area contributed by atoms with E-state index in [0.29, 0.717) is 17.0 Å². The molecular formula is C21H22N2O3S. The van der Waals surface area contributed by atoms with Gasteiger partial charge in [0, 0.05) is 10.6 Å². The molecule has 2 aromatic rings. The summed E-state index contributed by atoms with van der Waals surface area (Å²) in [6.07, 6.45) is -0.722. The summed E-state index contributed by atoms with van der Waals surface area (Å²) in [5.74, 6) is -0.317. The normalized spacial score (nSPS) is 11.3. The number of amides is 1. The molecule has 27 heavy (non-hydrogen) atoms. The van der Waals surface area contributed by atoms with Crippen molar-refractivity contribution in [1.82, 2.24) is 0 Å². The standard InChI is InChI=1S/C21H22N2O3S/c1-14-8-9-18(12-15(14)2)27-11-10-20(24)26-16(3)21(25)23-19-7-5-4-6-17(19)13-22/h4-9,12,16H,10-11H2,1-3H3,(H,23,25)/t16-/m0/s1. The lowest BCUT2D eigenvalue weighted by atomic mass is 10.1. The van der Waals surface area contributed by atoms with E-state index >= 15 is 0 Å². The number of anilines is 1. The van der Waals surface area contributed by atoms with Crippen LogP contribution in [0.5, 0.6) is 0 Å². The number of nitrogens with zero attached hydrogens (tertiary/aromatic N) is 1. The van der Waals surface area contributed by atoms with Crippen molar-refractivity contribution in [3.63, 3.8) is 0 Å². The number of benzene rings is 2. The number of hydrogen-bond acceptors (Lipinski definition) is 5. The highest BCUT2D eigenvalue weighted by Gasteiger charge is 2.18. The SMILES string of the molecule is Cc1ccc(SCCC(=O)O[C@@H](C)C(=O)Nc2ccccc2C#N)cc1C. The summed E-state index contributed by atoms with van der Waals surface area (Å²) in [4.78, 5) is 25.3. The average Bonchev–Trinajstić information content (AvgIpc) is 2.65. The van der Waals surface area contributed by atoms with E-state index in [1.807, 2.05) is 12.1 Å². The van der Waals surface area contributed by atoms with Gasteiger partial charge < -0.3 is 10.1 Å². The Morgan fingerprint density at radius 3 is 2.63 bits per heavy atom. The molecular weight excluding hydrogens is 360 g/mol. The Bertz CT molecular complexity index is 874. The first-order valence-electron chi connectivity index (χ1n) is 8.60.